The number of ether oxygens (including phenoxy) is 1. The molecule has 0 spiro atoms. The molecule has 0 amide bonds. The largest absolute Gasteiger partial charge is 0.469 e. The summed E-state index contributed by atoms with van der Waals surface area (Å²) in [5.74, 6) is -0.709. The lowest BCUT2D eigenvalue weighted by Crippen LogP contribution is -2.51. The van der Waals surface area contributed by atoms with E-state index < -0.39 is 12.0 Å². The zero-order valence-electron chi connectivity index (χ0n) is 12.5. The number of likely N-dealkylation sites (N-methyl/N-ethyl adjacent to an activating group) is 1. The number of hydrogen-bond donors (Lipinski definition) is 1. The molecule has 2 bridgehead atoms. The average Bonchev–Trinajstić information content (AvgIpc) is 2.68. The average molecular weight is 344 g/mol. The lowest BCUT2D eigenvalue weighted by atomic mass is 9.76. The number of aliphatic hydroxyl groups excluding tert-OH is 1. The first-order valence-corrected chi connectivity index (χ1v) is 8.12. The van der Waals surface area contributed by atoms with Crippen molar-refractivity contribution in [1.82, 2.24) is 4.90 Å². The second-order valence-electron chi connectivity index (χ2n) is 6.18. The monoisotopic (exact) mass is 343 g/mol. The van der Waals surface area contributed by atoms with Crippen molar-refractivity contribution in [2.45, 2.75) is 36.9 Å². The molecule has 1 aromatic rings. The molecule has 0 saturated carbocycles. The van der Waals surface area contributed by atoms with Crippen LogP contribution in [0.3, 0.4) is 0 Å². The summed E-state index contributed by atoms with van der Waals surface area (Å²) in [6.45, 7) is 0. The Morgan fingerprint density at radius 2 is 2.05 bits per heavy atom. The number of rotatable bonds is 2. The van der Waals surface area contributed by atoms with Crippen molar-refractivity contribution in [2.24, 2.45) is 5.92 Å². The van der Waals surface area contributed by atoms with E-state index in [1.807, 2.05) is 19.2 Å². The summed E-state index contributed by atoms with van der Waals surface area (Å²) in [6.07, 6.45) is 0.973. The van der Waals surface area contributed by atoms with Gasteiger partial charge in [0.25, 0.3) is 0 Å². The molecular formula is C16H19Cl2NO3. The number of benzene rings is 1. The van der Waals surface area contributed by atoms with Crippen molar-refractivity contribution in [3.05, 3.63) is 33.8 Å². The lowest BCUT2D eigenvalue weighted by Gasteiger charge is -2.42. The van der Waals surface area contributed by atoms with Gasteiger partial charge >= 0.3 is 5.97 Å². The third kappa shape index (κ3) is 2.52. The Hall–Kier alpha value is -0.810. The SMILES string of the molecule is COC(=O)[C@@H]1[C@H]2[C@H](O)CC(C[C@@H]1c1ccc(Cl)c(Cl)c1)N2C. The van der Waals surface area contributed by atoms with Gasteiger partial charge in [-0.05, 0) is 37.6 Å². The van der Waals surface area contributed by atoms with E-state index in [0.29, 0.717) is 16.5 Å². The number of nitrogens with zero attached hydrogens (tertiary/aromatic N) is 1. The third-order valence-electron chi connectivity index (χ3n) is 5.13. The van der Waals surface area contributed by atoms with Gasteiger partial charge in [-0.2, -0.15) is 0 Å². The zero-order chi connectivity index (χ0) is 16.0. The smallest absolute Gasteiger partial charge is 0.310 e. The first-order chi connectivity index (χ1) is 10.4. The van der Waals surface area contributed by atoms with Crippen molar-refractivity contribution < 1.29 is 14.6 Å². The van der Waals surface area contributed by atoms with Crippen LogP contribution >= 0.6 is 23.2 Å². The maximum Gasteiger partial charge on any atom is 0.310 e. The molecule has 1 unspecified atom stereocenters. The van der Waals surface area contributed by atoms with Crippen LogP contribution in [0.25, 0.3) is 0 Å². The number of hydrogen-bond acceptors (Lipinski definition) is 4. The molecule has 4 nitrogen and oxygen atoms in total. The fraction of sp³-hybridized carbons (Fsp3) is 0.562. The van der Waals surface area contributed by atoms with Crippen LogP contribution in [-0.4, -0.2) is 48.3 Å². The molecular weight excluding hydrogens is 325 g/mol. The standard InChI is InChI=1S/C16H19Cl2NO3/c1-19-9-6-10(8-3-4-11(17)12(18)5-8)14(16(21)22-2)15(19)13(20)7-9/h3-5,9-10,13-15,20H,6-7H2,1-2H3/t9?,10-,13-,14+,15-/m1/s1. The quantitative estimate of drug-likeness (QED) is 0.838. The molecule has 120 valence electrons. The van der Waals surface area contributed by atoms with E-state index >= 15 is 0 Å². The molecule has 2 aliphatic heterocycles. The van der Waals surface area contributed by atoms with Crippen LogP contribution in [0.2, 0.25) is 10.0 Å². The van der Waals surface area contributed by atoms with Crippen LogP contribution in [0.15, 0.2) is 18.2 Å². The molecule has 0 aliphatic carbocycles. The fourth-order valence-electron chi connectivity index (χ4n) is 4.06. The number of aliphatic hydroxyl groups is 1. The Morgan fingerprint density at radius 1 is 1.32 bits per heavy atom. The Kier molecular flexibility index (Phi) is 4.38. The predicted octanol–water partition coefficient (Wildman–Crippen LogP) is 2.70. The number of carbonyl (C=O) groups is 1. The summed E-state index contributed by atoms with van der Waals surface area (Å²) in [6, 6.07) is 5.53. The van der Waals surface area contributed by atoms with Gasteiger partial charge < -0.3 is 9.84 Å². The maximum atomic E-state index is 12.4. The predicted molar refractivity (Wildman–Crippen MR) is 85.3 cm³/mol. The van der Waals surface area contributed by atoms with Crippen LogP contribution in [0.4, 0.5) is 0 Å². The number of carbonyl (C=O) groups excluding carboxylic acids is 1. The number of fused-ring (bicyclic) bond motifs is 2. The van der Waals surface area contributed by atoms with Gasteiger partial charge in [-0.15, -0.1) is 0 Å². The van der Waals surface area contributed by atoms with Crippen molar-refractivity contribution >= 4 is 29.2 Å². The van der Waals surface area contributed by atoms with Gasteiger partial charge in [-0.1, -0.05) is 29.3 Å². The van der Waals surface area contributed by atoms with Crippen molar-refractivity contribution in [3.8, 4) is 0 Å². The summed E-state index contributed by atoms with van der Waals surface area (Å²) in [7, 11) is 3.36. The van der Waals surface area contributed by atoms with Gasteiger partial charge in [-0.25, -0.2) is 0 Å². The van der Waals surface area contributed by atoms with E-state index in [1.165, 1.54) is 7.11 Å². The molecule has 1 aromatic carbocycles. The minimum Gasteiger partial charge on any atom is -0.469 e. The Morgan fingerprint density at radius 3 is 2.68 bits per heavy atom. The van der Waals surface area contributed by atoms with Gasteiger partial charge in [0.1, 0.15) is 0 Å². The summed E-state index contributed by atoms with van der Waals surface area (Å²) in [5, 5.41) is 11.3. The van der Waals surface area contributed by atoms with Crippen molar-refractivity contribution in [2.75, 3.05) is 14.2 Å². The second kappa shape index (κ2) is 6.00. The van der Waals surface area contributed by atoms with Gasteiger partial charge in [0.2, 0.25) is 0 Å². The lowest BCUT2D eigenvalue weighted by molar-refractivity contribution is -0.151. The van der Waals surface area contributed by atoms with E-state index in [4.69, 9.17) is 27.9 Å². The highest BCUT2D eigenvalue weighted by Gasteiger charge is 2.53. The first-order valence-electron chi connectivity index (χ1n) is 7.36. The Balaban J connectivity index is 2.01. The number of halogens is 2. The van der Waals surface area contributed by atoms with Gasteiger partial charge in [0, 0.05) is 18.0 Å². The van der Waals surface area contributed by atoms with Gasteiger partial charge in [0.15, 0.2) is 0 Å². The molecule has 0 aromatic heterocycles. The molecule has 2 saturated heterocycles. The Bertz CT molecular complexity index is 595. The fourth-order valence-corrected chi connectivity index (χ4v) is 4.36. The van der Waals surface area contributed by atoms with Crippen LogP contribution in [0, 0.1) is 5.92 Å². The van der Waals surface area contributed by atoms with Crippen molar-refractivity contribution in [1.29, 1.82) is 0 Å². The molecule has 0 radical (unpaired) electrons. The highest BCUT2D eigenvalue weighted by molar-refractivity contribution is 6.42. The van der Waals surface area contributed by atoms with Gasteiger partial charge in [-0.3, -0.25) is 9.69 Å². The minimum absolute atomic E-state index is 0.0226. The van der Waals surface area contributed by atoms with E-state index in [2.05, 4.69) is 4.90 Å². The van der Waals surface area contributed by atoms with E-state index in [0.717, 1.165) is 12.0 Å². The van der Waals surface area contributed by atoms with E-state index in [-0.39, 0.29) is 24.0 Å². The summed E-state index contributed by atoms with van der Waals surface area (Å²) < 4.78 is 5.01. The number of esters is 1. The van der Waals surface area contributed by atoms with Gasteiger partial charge in [0.05, 0.1) is 29.2 Å². The van der Waals surface area contributed by atoms with E-state index in [1.54, 1.807) is 6.07 Å². The highest BCUT2D eigenvalue weighted by Crippen LogP contribution is 2.47. The molecule has 5 atom stereocenters. The van der Waals surface area contributed by atoms with Crippen LogP contribution in [0.1, 0.15) is 24.3 Å². The van der Waals surface area contributed by atoms with Crippen LogP contribution in [0.5, 0.6) is 0 Å². The number of piperidine rings is 1. The molecule has 1 N–H and O–H groups in total. The second-order valence-corrected chi connectivity index (χ2v) is 6.99. The van der Waals surface area contributed by atoms with Crippen LogP contribution < -0.4 is 0 Å². The molecule has 3 rings (SSSR count). The van der Waals surface area contributed by atoms with Crippen molar-refractivity contribution in [3.63, 3.8) is 0 Å². The molecule has 2 fully saturated rings. The highest BCUT2D eigenvalue weighted by atomic mass is 35.5. The summed E-state index contributed by atoms with van der Waals surface area (Å²) in [4.78, 5) is 14.5. The zero-order valence-corrected chi connectivity index (χ0v) is 14.0. The van der Waals surface area contributed by atoms with Crippen LogP contribution in [-0.2, 0) is 9.53 Å². The molecule has 22 heavy (non-hydrogen) atoms. The first kappa shape index (κ1) is 16.1. The molecule has 2 heterocycles. The summed E-state index contributed by atoms with van der Waals surface area (Å²) >= 11 is 12.1. The molecule has 6 heteroatoms. The normalized spacial score (nSPS) is 34.7. The number of methoxy groups -OCH3 is 1. The maximum absolute atomic E-state index is 12.4. The molecule has 2 aliphatic rings. The minimum atomic E-state index is -0.508. The topological polar surface area (TPSA) is 49.8 Å². The summed E-state index contributed by atoms with van der Waals surface area (Å²) in [5.41, 5.74) is 0.974. The third-order valence-corrected chi connectivity index (χ3v) is 5.87. The Labute approximate surface area is 140 Å². The van der Waals surface area contributed by atoms with E-state index in [9.17, 15) is 9.90 Å².